The van der Waals surface area contributed by atoms with E-state index in [0.29, 0.717) is 12.0 Å². The van der Waals surface area contributed by atoms with Gasteiger partial charge in [-0.2, -0.15) is 0 Å². The molecule has 0 aliphatic carbocycles. The van der Waals surface area contributed by atoms with Gasteiger partial charge in [0.15, 0.2) is 0 Å². The van der Waals surface area contributed by atoms with Crippen LogP contribution in [0.25, 0.3) is 0 Å². The van der Waals surface area contributed by atoms with E-state index in [4.69, 9.17) is 5.73 Å². The van der Waals surface area contributed by atoms with Crippen molar-refractivity contribution < 1.29 is 0 Å². The van der Waals surface area contributed by atoms with Crippen LogP contribution in [0.2, 0.25) is 0 Å². The van der Waals surface area contributed by atoms with Gasteiger partial charge in [-0.1, -0.05) is 12.5 Å². The number of nitrogens with two attached hydrogens (primary N) is 1. The van der Waals surface area contributed by atoms with Crippen LogP contribution in [0.1, 0.15) is 36.6 Å². The monoisotopic (exact) mass is 233 g/mol. The number of hydrogen-bond acceptors (Lipinski definition) is 3. The van der Waals surface area contributed by atoms with E-state index in [1.54, 1.807) is 0 Å². The minimum absolute atomic E-state index is 0.440. The summed E-state index contributed by atoms with van der Waals surface area (Å²) in [5.74, 6) is 0.562. The molecule has 0 bridgehead atoms. The molecule has 1 aliphatic rings. The first kappa shape index (κ1) is 12.5. The lowest BCUT2D eigenvalue weighted by molar-refractivity contribution is 0.195. The van der Waals surface area contributed by atoms with E-state index in [9.17, 15) is 0 Å². The standard InChI is InChI=1S/C14H23N3/c1-11-6-7-13(10-16-11)14-12(9-15)5-3-4-8-17(14)2/h6-7,10,12,14H,3-5,8-9,15H2,1-2H3. The Hall–Kier alpha value is -0.930. The van der Waals surface area contributed by atoms with E-state index in [0.717, 1.165) is 18.8 Å². The quantitative estimate of drug-likeness (QED) is 0.851. The van der Waals surface area contributed by atoms with Crippen LogP contribution >= 0.6 is 0 Å². The van der Waals surface area contributed by atoms with Crippen molar-refractivity contribution in [1.29, 1.82) is 0 Å². The van der Waals surface area contributed by atoms with Crippen LogP contribution in [0, 0.1) is 12.8 Å². The Balaban J connectivity index is 2.26. The Morgan fingerprint density at radius 3 is 2.88 bits per heavy atom. The molecular formula is C14H23N3. The molecule has 2 rings (SSSR count). The summed E-state index contributed by atoms with van der Waals surface area (Å²) in [5, 5.41) is 0. The summed E-state index contributed by atoms with van der Waals surface area (Å²) in [7, 11) is 2.21. The molecule has 2 N–H and O–H groups in total. The van der Waals surface area contributed by atoms with Gasteiger partial charge >= 0.3 is 0 Å². The van der Waals surface area contributed by atoms with E-state index in [-0.39, 0.29) is 0 Å². The summed E-state index contributed by atoms with van der Waals surface area (Å²) in [6.45, 7) is 3.96. The number of aromatic nitrogens is 1. The molecule has 0 aromatic carbocycles. The fraction of sp³-hybridized carbons (Fsp3) is 0.643. The van der Waals surface area contributed by atoms with Gasteiger partial charge in [0, 0.05) is 17.9 Å². The minimum atomic E-state index is 0.440. The zero-order valence-corrected chi connectivity index (χ0v) is 10.9. The maximum Gasteiger partial charge on any atom is 0.0400 e. The molecule has 1 aromatic heterocycles. The van der Waals surface area contributed by atoms with E-state index in [2.05, 4.69) is 29.1 Å². The van der Waals surface area contributed by atoms with Crippen molar-refractivity contribution in [3.8, 4) is 0 Å². The molecule has 1 saturated heterocycles. The van der Waals surface area contributed by atoms with Crippen LogP contribution in [0.5, 0.6) is 0 Å². The fourth-order valence-electron chi connectivity index (χ4n) is 2.85. The lowest BCUT2D eigenvalue weighted by atomic mass is 9.90. The number of hydrogen-bond donors (Lipinski definition) is 1. The highest BCUT2D eigenvalue weighted by atomic mass is 15.1. The number of aryl methyl sites for hydroxylation is 1. The van der Waals surface area contributed by atoms with E-state index >= 15 is 0 Å². The second kappa shape index (κ2) is 5.61. The molecule has 3 heteroatoms. The van der Waals surface area contributed by atoms with Crippen molar-refractivity contribution in [1.82, 2.24) is 9.88 Å². The molecule has 0 amide bonds. The average Bonchev–Trinajstić information content (AvgIpc) is 2.52. The Morgan fingerprint density at radius 2 is 2.24 bits per heavy atom. The van der Waals surface area contributed by atoms with Gasteiger partial charge in [-0.15, -0.1) is 0 Å². The first-order valence-electron chi connectivity index (χ1n) is 6.55. The van der Waals surface area contributed by atoms with Gasteiger partial charge in [0.25, 0.3) is 0 Å². The third-order valence-electron chi connectivity index (χ3n) is 3.84. The predicted molar refractivity (Wildman–Crippen MR) is 70.7 cm³/mol. The highest BCUT2D eigenvalue weighted by Gasteiger charge is 2.28. The molecule has 1 fully saturated rings. The second-order valence-electron chi connectivity index (χ2n) is 5.15. The van der Waals surface area contributed by atoms with Crippen LogP contribution in [-0.2, 0) is 0 Å². The van der Waals surface area contributed by atoms with Crippen molar-refractivity contribution in [2.24, 2.45) is 11.7 Å². The third-order valence-corrected chi connectivity index (χ3v) is 3.84. The normalized spacial score (nSPS) is 26.8. The molecule has 2 unspecified atom stereocenters. The van der Waals surface area contributed by atoms with Crippen LogP contribution in [-0.4, -0.2) is 30.0 Å². The SMILES string of the molecule is Cc1ccc(C2C(CN)CCCCN2C)cn1. The number of rotatable bonds is 2. The summed E-state index contributed by atoms with van der Waals surface area (Å²) < 4.78 is 0. The first-order valence-corrected chi connectivity index (χ1v) is 6.55. The van der Waals surface area contributed by atoms with Crippen molar-refractivity contribution in [2.45, 2.75) is 32.2 Å². The molecule has 17 heavy (non-hydrogen) atoms. The Kier molecular flexibility index (Phi) is 4.13. The van der Waals surface area contributed by atoms with E-state index in [1.165, 1.54) is 24.8 Å². The lowest BCUT2D eigenvalue weighted by Crippen LogP contribution is -2.33. The summed E-state index contributed by atoms with van der Waals surface area (Å²) >= 11 is 0. The van der Waals surface area contributed by atoms with Crippen molar-refractivity contribution in [3.05, 3.63) is 29.6 Å². The lowest BCUT2D eigenvalue weighted by Gasteiger charge is -2.32. The Labute approximate surface area is 104 Å². The molecule has 2 heterocycles. The summed E-state index contributed by atoms with van der Waals surface area (Å²) in [6.07, 6.45) is 5.83. The largest absolute Gasteiger partial charge is 0.330 e. The zero-order chi connectivity index (χ0) is 12.3. The highest BCUT2D eigenvalue weighted by molar-refractivity contribution is 5.18. The van der Waals surface area contributed by atoms with Gasteiger partial charge < -0.3 is 5.73 Å². The molecule has 94 valence electrons. The molecule has 0 radical (unpaired) electrons. The van der Waals surface area contributed by atoms with Crippen molar-refractivity contribution in [3.63, 3.8) is 0 Å². The second-order valence-corrected chi connectivity index (χ2v) is 5.15. The predicted octanol–water partition coefficient (Wildman–Crippen LogP) is 2.12. The molecule has 2 atom stereocenters. The van der Waals surface area contributed by atoms with Gasteiger partial charge in [-0.25, -0.2) is 0 Å². The fourth-order valence-corrected chi connectivity index (χ4v) is 2.85. The van der Waals surface area contributed by atoms with Crippen molar-refractivity contribution >= 4 is 0 Å². The minimum Gasteiger partial charge on any atom is -0.330 e. The highest BCUT2D eigenvalue weighted by Crippen LogP contribution is 2.33. The van der Waals surface area contributed by atoms with Crippen LogP contribution in [0.15, 0.2) is 18.3 Å². The van der Waals surface area contributed by atoms with Gasteiger partial charge in [0.2, 0.25) is 0 Å². The third kappa shape index (κ3) is 2.85. The molecule has 3 nitrogen and oxygen atoms in total. The molecule has 0 saturated carbocycles. The van der Waals surface area contributed by atoms with Crippen LogP contribution in [0.4, 0.5) is 0 Å². The van der Waals surface area contributed by atoms with Crippen molar-refractivity contribution in [2.75, 3.05) is 20.1 Å². The number of nitrogens with zero attached hydrogens (tertiary/aromatic N) is 2. The van der Waals surface area contributed by atoms with Crippen LogP contribution in [0.3, 0.4) is 0 Å². The average molecular weight is 233 g/mol. The topological polar surface area (TPSA) is 42.1 Å². The Bertz CT molecular complexity index is 347. The number of likely N-dealkylation sites (tertiary alicyclic amines) is 1. The summed E-state index contributed by atoms with van der Waals surface area (Å²) in [5.41, 5.74) is 8.34. The molecule has 1 aliphatic heterocycles. The summed E-state index contributed by atoms with van der Waals surface area (Å²) in [4.78, 5) is 6.86. The van der Waals surface area contributed by atoms with Gasteiger partial charge in [0.05, 0.1) is 0 Å². The van der Waals surface area contributed by atoms with E-state index < -0.39 is 0 Å². The molecule has 1 aromatic rings. The zero-order valence-electron chi connectivity index (χ0n) is 10.9. The molecular weight excluding hydrogens is 210 g/mol. The Morgan fingerprint density at radius 1 is 1.41 bits per heavy atom. The number of pyridine rings is 1. The van der Waals surface area contributed by atoms with Crippen LogP contribution < -0.4 is 5.73 Å². The maximum absolute atomic E-state index is 5.95. The first-order chi connectivity index (χ1) is 8.22. The van der Waals surface area contributed by atoms with E-state index in [1.807, 2.05) is 13.1 Å². The summed E-state index contributed by atoms with van der Waals surface area (Å²) in [6, 6.07) is 4.75. The smallest absolute Gasteiger partial charge is 0.0400 e. The molecule has 0 spiro atoms. The van der Waals surface area contributed by atoms with Gasteiger partial charge in [-0.05, 0) is 57.5 Å². The van der Waals surface area contributed by atoms with Gasteiger partial charge in [-0.3, -0.25) is 9.88 Å². The maximum atomic E-state index is 5.95. The van der Waals surface area contributed by atoms with Gasteiger partial charge in [0.1, 0.15) is 0 Å².